The molecule has 1 aromatic carbocycles. The Balaban J connectivity index is 3.24. The van der Waals surface area contributed by atoms with Crippen molar-refractivity contribution in [2.45, 2.75) is 20.8 Å². The number of aryl methyl sites for hydroxylation is 2. The molecule has 4 nitrogen and oxygen atoms in total. The van der Waals surface area contributed by atoms with Crippen molar-refractivity contribution in [1.82, 2.24) is 0 Å². The zero-order chi connectivity index (χ0) is 10.7. The minimum atomic E-state index is -0.419. The van der Waals surface area contributed by atoms with E-state index in [0.717, 1.165) is 11.1 Å². The van der Waals surface area contributed by atoms with Gasteiger partial charge in [0.25, 0.3) is 0 Å². The van der Waals surface area contributed by atoms with E-state index in [-0.39, 0.29) is 5.69 Å². The lowest BCUT2D eigenvalue weighted by atomic mass is 10.1. The normalized spacial score (nSPS) is 9.93. The van der Waals surface area contributed by atoms with Crippen LogP contribution in [0.2, 0.25) is 0 Å². The van der Waals surface area contributed by atoms with E-state index in [4.69, 9.17) is 4.74 Å². The van der Waals surface area contributed by atoms with Gasteiger partial charge in [-0.05, 0) is 38.0 Å². The molecule has 0 radical (unpaired) electrons. The van der Waals surface area contributed by atoms with Gasteiger partial charge in [-0.1, -0.05) is 0 Å². The number of hydrogen-bond acceptors (Lipinski definition) is 3. The molecule has 0 unspecified atom stereocenters. The summed E-state index contributed by atoms with van der Waals surface area (Å²) in [6.07, 6.45) is 0. The largest absolute Gasteiger partial charge is 0.487 e. The summed E-state index contributed by atoms with van der Waals surface area (Å²) in [5, 5.41) is 10.7. The molecule has 0 spiro atoms. The molecule has 0 saturated heterocycles. The van der Waals surface area contributed by atoms with Crippen molar-refractivity contribution in [2.24, 2.45) is 0 Å². The molecular weight excluding hydrogens is 182 g/mol. The second kappa shape index (κ2) is 4.09. The number of rotatable bonds is 3. The second-order valence-corrected chi connectivity index (χ2v) is 3.09. The molecule has 0 N–H and O–H groups in total. The molecule has 0 aromatic heterocycles. The number of benzene rings is 1. The fourth-order valence-electron chi connectivity index (χ4n) is 1.19. The van der Waals surface area contributed by atoms with Gasteiger partial charge in [-0.15, -0.1) is 0 Å². The lowest BCUT2D eigenvalue weighted by molar-refractivity contribution is -0.385. The van der Waals surface area contributed by atoms with E-state index in [0.29, 0.717) is 12.4 Å². The molecule has 1 rings (SSSR count). The highest BCUT2D eigenvalue weighted by Gasteiger charge is 2.15. The van der Waals surface area contributed by atoms with Gasteiger partial charge in [0.05, 0.1) is 11.5 Å². The molecule has 14 heavy (non-hydrogen) atoms. The van der Waals surface area contributed by atoms with Gasteiger partial charge in [-0.2, -0.15) is 0 Å². The van der Waals surface area contributed by atoms with Crippen molar-refractivity contribution in [3.63, 3.8) is 0 Å². The van der Waals surface area contributed by atoms with Gasteiger partial charge in [0.2, 0.25) is 0 Å². The molecule has 0 aliphatic heterocycles. The number of nitro benzene ring substituents is 1. The quantitative estimate of drug-likeness (QED) is 0.550. The first-order valence-corrected chi connectivity index (χ1v) is 4.44. The van der Waals surface area contributed by atoms with Crippen molar-refractivity contribution in [3.8, 4) is 5.75 Å². The van der Waals surface area contributed by atoms with Gasteiger partial charge in [-0.3, -0.25) is 10.1 Å². The summed E-state index contributed by atoms with van der Waals surface area (Å²) in [4.78, 5) is 10.3. The minimum absolute atomic E-state index is 0.0370. The van der Waals surface area contributed by atoms with E-state index in [1.165, 1.54) is 0 Å². The number of ether oxygens (including phenoxy) is 1. The van der Waals surface area contributed by atoms with Crippen LogP contribution < -0.4 is 4.74 Å². The fraction of sp³-hybridized carbons (Fsp3) is 0.400. The van der Waals surface area contributed by atoms with Crippen LogP contribution in [0.1, 0.15) is 18.1 Å². The van der Waals surface area contributed by atoms with E-state index in [1.807, 2.05) is 13.8 Å². The Bertz CT molecular complexity index is 361. The average Bonchev–Trinajstić information content (AvgIpc) is 2.11. The predicted octanol–water partition coefficient (Wildman–Crippen LogP) is 2.61. The highest BCUT2D eigenvalue weighted by atomic mass is 16.6. The Morgan fingerprint density at radius 3 is 2.43 bits per heavy atom. The summed E-state index contributed by atoms with van der Waals surface area (Å²) < 4.78 is 5.19. The van der Waals surface area contributed by atoms with E-state index in [9.17, 15) is 10.1 Å². The van der Waals surface area contributed by atoms with Crippen molar-refractivity contribution < 1.29 is 9.66 Å². The van der Waals surface area contributed by atoms with Crippen molar-refractivity contribution in [1.29, 1.82) is 0 Å². The second-order valence-electron chi connectivity index (χ2n) is 3.09. The number of nitrogens with zero attached hydrogens (tertiary/aromatic N) is 1. The van der Waals surface area contributed by atoms with Crippen LogP contribution in [0.3, 0.4) is 0 Å². The maximum absolute atomic E-state index is 10.7. The molecule has 4 heteroatoms. The van der Waals surface area contributed by atoms with Crippen LogP contribution in [0.5, 0.6) is 5.75 Å². The Morgan fingerprint density at radius 2 is 1.93 bits per heavy atom. The maximum atomic E-state index is 10.7. The molecule has 1 aromatic rings. The summed E-state index contributed by atoms with van der Waals surface area (Å²) in [5.74, 6) is 0.348. The van der Waals surface area contributed by atoms with E-state index < -0.39 is 4.92 Å². The summed E-state index contributed by atoms with van der Waals surface area (Å²) in [6, 6.07) is 3.25. The third-order valence-corrected chi connectivity index (χ3v) is 2.07. The van der Waals surface area contributed by atoms with Crippen LogP contribution in [0.25, 0.3) is 0 Å². The van der Waals surface area contributed by atoms with Crippen molar-refractivity contribution in [3.05, 3.63) is 33.4 Å². The molecule has 76 valence electrons. The Labute approximate surface area is 82.7 Å². The molecule has 0 heterocycles. The lowest BCUT2D eigenvalue weighted by Crippen LogP contribution is -1.99. The predicted molar refractivity (Wildman–Crippen MR) is 53.7 cm³/mol. The first-order chi connectivity index (χ1) is 6.56. The van der Waals surface area contributed by atoms with Gasteiger partial charge < -0.3 is 4.74 Å². The first-order valence-electron chi connectivity index (χ1n) is 4.44. The monoisotopic (exact) mass is 195 g/mol. The average molecular weight is 195 g/mol. The van der Waals surface area contributed by atoms with Crippen LogP contribution in [-0.2, 0) is 0 Å². The zero-order valence-corrected chi connectivity index (χ0v) is 8.53. The fourth-order valence-corrected chi connectivity index (χ4v) is 1.19. The van der Waals surface area contributed by atoms with Crippen LogP contribution >= 0.6 is 0 Å². The van der Waals surface area contributed by atoms with Gasteiger partial charge in [-0.25, -0.2) is 0 Å². The molecule has 0 aliphatic carbocycles. The minimum Gasteiger partial charge on any atom is -0.487 e. The van der Waals surface area contributed by atoms with E-state index in [2.05, 4.69) is 0 Å². The van der Waals surface area contributed by atoms with Gasteiger partial charge in [0.1, 0.15) is 0 Å². The standard InChI is InChI=1S/C10H13NO3/c1-4-14-10-6-8(3)7(2)5-9(10)11(12)13/h5-6H,4H2,1-3H3. The summed E-state index contributed by atoms with van der Waals surface area (Å²) in [7, 11) is 0. The van der Waals surface area contributed by atoms with Crippen LogP contribution in [0, 0.1) is 24.0 Å². The van der Waals surface area contributed by atoms with E-state index >= 15 is 0 Å². The molecular formula is C10H13NO3. The Kier molecular flexibility index (Phi) is 3.06. The molecule has 0 fully saturated rings. The molecule has 0 aliphatic rings. The van der Waals surface area contributed by atoms with E-state index in [1.54, 1.807) is 19.1 Å². The Hall–Kier alpha value is -1.58. The summed E-state index contributed by atoms with van der Waals surface area (Å²) in [6.45, 7) is 5.99. The maximum Gasteiger partial charge on any atom is 0.311 e. The van der Waals surface area contributed by atoms with Crippen LogP contribution in [0.4, 0.5) is 5.69 Å². The zero-order valence-electron chi connectivity index (χ0n) is 8.53. The van der Waals surface area contributed by atoms with Crippen molar-refractivity contribution in [2.75, 3.05) is 6.61 Å². The number of hydrogen-bond donors (Lipinski definition) is 0. The molecule has 0 amide bonds. The lowest BCUT2D eigenvalue weighted by Gasteiger charge is -2.06. The van der Waals surface area contributed by atoms with Gasteiger partial charge in [0.15, 0.2) is 5.75 Å². The number of nitro groups is 1. The van der Waals surface area contributed by atoms with Crippen molar-refractivity contribution >= 4 is 5.69 Å². The smallest absolute Gasteiger partial charge is 0.311 e. The topological polar surface area (TPSA) is 52.4 Å². The highest BCUT2D eigenvalue weighted by molar-refractivity contribution is 5.51. The highest BCUT2D eigenvalue weighted by Crippen LogP contribution is 2.29. The van der Waals surface area contributed by atoms with Gasteiger partial charge in [0, 0.05) is 6.07 Å². The summed E-state index contributed by atoms with van der Waals surface area (Å²) >= 11 is 0. The van der Waals surface area contributed by atoms with Crippen LogP contribution in [0.15, 0.2) is 12.1 Å². The molecule has 0 saturated carbocycles. The molecule has 0 bridgehead atoms. The SMILES string of the molecule is CCOc1cc(C)c(C)cc1[N+](=O)[O-]. The third kappa shape index (κ3) is 2.02. The third-order valence-electron chi connectivity index (χ3n) is 2.07. The van der Waals surface area contributed by atoms with Crippen LogP contribution in [-0.4, -0.2) is 11.5 Å². The Morgan fingerprint density at radius 1 is 1.36 bits per heavy atom. The molecule has 0 atom stereocenters. The van der Waals surface area contributed by atoms with Gasteiger partial charge >= 0.3 is 5.69 Å². The summed E-state index contributed by atoms with van der Waals surface area (Å²) in [5.41, 5.74) is 1.94. The first kappa shape index (κ1) is 10.5.